The molecule has 0 spiro atoms. The van der Waals surface area contributed by atoms with Crippen LogP contribution in [0.25, 0.3) is 0 Å². The van der Waals surface area contributed by atoms with Gasteiger partial charge in [0.25, 0.3) is 0 Å². The Balaban J connectivity index is 2.32. The zero-order valence-electron chi connectivity index (χ0n) is 11.6. The Morgan fingerprint density at radius 2 is 2.26 bits per heavy atom. The first-order valence-corrected chi connectivity index (χ1v) is 7.51. The highest BCUT2D eigenvalue weighted by atomic mass is 79.9. The van der Waals surface area contributed by atoms with E-state index < -0.39 is 6.10 Å². The number of aliphatic hydroxyl groups is 1. The van der Waals surface area contributed by atoms with Crippen molar-refractivity contribution in [3.8, 4) is 5.75 Å². The lowest BCUT2D eigenvalue weighted by Crippen LogP contribution is -2.22. The Labute approximate surface area is 123 Å². The second kappa shape index (κ2) is 6.25. The van der Waals surface area contributed by atoms with Gasteiger partial charge in [0.05, 0.1) is 19.3 Å². The average Bonchev–Trinajstić information content (AvgIpc) is 2.88. The van der Waals surface area contributed by atoms with Crippen molar-refractivity contribution in [2.45, 2.75) is 38.9 Å². The van der Waals surface area contributed by atoms with Crippen molar-refractivity contribution in [2.75, 3.05) is 13.7 Å². The van der Waals surface area contributed by atoms with E-state index in [1.807, 2.05) is 19.1 Å². The molecule has 1 saturated heterocycles. The molecule has 0 aromatic heterocycles. The van der Waals surface area contributed by atoms with Gasteiger partial charge in [0.1, 0.15) is 5.75 Å². The van der Waals surface area contributed by atoms with Crippen LogP contribution in [0.5, 0.6) is 5.75 Å². The Kier molecular flexibility index (Phi) is 4.87. The number of hydrogen-bond donors (Lipinski definition) is 1. The van der Waals surface area contributed by atoms with Gasteiger partial charge < -0.3 is 14.6 Å². The van der Waals surface area contributed by atoms with Gasteiger partial charge in [-0.2, -0.15) is 0 Å². The number of hydrogen-bond acceptors (Lipinski definition) is 3. The molecule has 4 heteroatoms. The van der Waals surface area contributed by atoms with Crippen LogP contribution in [0.1, 0.15) is 37.0 Å². The fourth-order valence-electron chi connectivity index (χ4n) is 2.76. The van der Waals surface area contributed by atoms with E-state index in [4.69, 9.17) is 9.47 Å². The average molecular weight is 329 g/mol. The topological polar surface area (TPSA) is 38.7 Å². The van der Waals surface area contributed by atoms with Crippen LogP contribution in [0.4, 0.5) is 0 Å². The van der Waals surface area contributed by atoms with Gasteiger partial charge >= 0.3 is 0 Å². The van der Waals surface area contributed by atoms with E-state index in [-0.39, 0.29) is 12.0 Å². The molecule has 1 N–H and O–H groups in total. The van der Waals surface area contributed by atoms with E-state index in [1.165, 1.54) is 0 Å². The molecule has 3 nitrogen and oxygen atoms in total. The van der Waals surface area contributed by atoms with Crippen molar-refractivity contribution >= 4 is 15.9 Å². The number of rotatable bonds is 4. The van der Waals surface area contributed by atoms with E-state index in [9.17, 15) is 5.11 Å². The molecule has 106 valence electrons. The molecule has 0 aliphatic carbocycles. The van der Waals surface area contributed by atoms with E-state index >= 15 is 0 Å². The number of aryl methyl sites for hydroxylation is 1. The van der Waals surface area contributed by atoms with Gasteiger partial charge in [-0.25, -0.2) is 0 Å². The van der Waals surface area contributed by atoms with Gasteiger partial charge in [-0.15, -0.1) is 0 Å². The summed E-state index contributed by atoms with van der Waals surface area (Å²) in [6.45, 7) is 4.84. The molecule has 1 heterocycles. The van der Waals surface area contributed by atoms with E-state index in [2.05, 4.69) is 22.9 Å². The molecule has 1 aliphatic rings. The lowest BCUT2D eigenvalue weighted by Gasteiger charge is -2.25. The van der Waals surface area contributed by atoms with Gasteiger partial charge in [-0.3, -0.25) is 0 Å². The molecule has 3 atom stereocenters. The Morgan fingerprint density at radius 3 is 2.89 bits per heavy atom. The maximum Gasteiger partial charge on any atom is 0.125 e. The highest BCUT2D eigenvalue weighted by Crippen LogP contribution is 2.40. The van der Waals surface area contributed by atoms with Crippen LogP contribution in [-0.4, -0.2) is 24.9 Å². The minimum atomic E-state index is -0.542. The largest absolute Gasteiger partial charge is 0.496 e. The maximum absolute atomic E-state index is 10.7. The summed E-state index contributed by atoms with van der Waals surface area (Å²) in [5.74, 6) is 0.892. The van der Waals surface area contributed by atoms with Crippen LogP contribution in [-0.2, 0) is 4.74 Å². The molecule has 1 aromatic rings. The van der Waals surface area contributed by atoms with Crippen LogP contribution in [0, 0.1) is 12.8 Å². The number of aliphatic hydroxyl groups excluding tert-OH is 1. The van der Waals surface area contributed by atoms with Gasteiger partial charge in [-0.05, 0) is 37.5 Å². The normalized spacial score (nSPS) is 24.5. The van der Waals surface area contributed by atoms with E-state index in [1.54, 1.807) is 7.11 Å². The van der Waals surface area contributed by atoms with Crippen molar-refractivity contribution in [2.24, 2.45) is 5.92 Å². The summed E-state index contributed by atoms with van der Waals surface area (Å²) in [7, 11) is 1.64. The Bertz CT molecular complexity index is 447. The van der Waals surface area contributed by atoms with Crippen LogP contribution >= 0.6 is 15.9 Å². The van der Waals surface area contributed by atoms with E-state index in [0.29, 0.717) is 0 Å². The first kappa shape index (κ1) is 14.8. The standard InChI is InChI=1S/C15H21BrO3/c1-4-13-10(5-6-19-13)15(17)11-8-12(16)9(2)7-14(11)18-3/h7-8,10,13,15,17H,4-6H2,1-3H3. The quantitative estimate of drug-likeness (QED) is 0.917. The smallest absolute Gasteiger partial charge is 0.125 e. The highest BCUT2D eigenvalue weighted by molar-refractivity contribution is 9.10. The first-order chi connectivity index (χ1) is 9.08. The van der Waals surface area contributed by atoms with Gasteiger partial charge in [0, 0.05) is 22.6 Å². The second-order valence-electron chi connectivity index (χ2n) is 5.06. The third-order valence-corrected chi connectivity index (χ3v) is 4.75. The van der Waals surface area contributed by atoms with E-state index in [0.717, 1.165) is 40.8 Å². The molecule has 0 saturated carbocycles. The molecular weight excluding hydrogens is 308 g/mol. The molecule has 19 heavy (non-hydrogen) atoms. The third kappa shape index (κ3) is 2.96. The summed E-state index contributed by atoms with van der Waals surface area (Å²) in [6, 6.07) is 3.92. The third-order valence-electron chi connectivity index (χ3n) is 3.90. The SMILES string of the molecule is CCC1OCCC1C(O)c1cc(Br)c(C)cc1OC. The van der Waals surface area contributed by atoms with Crippen molar-refractivity contribution in [3.05, 3.63) is 27.7 Å². The highest BCUT2D eigenvalue weighted by Gasteiger charge is 2.34. The molecular formula is C15H21BrO3. The maximum atomic E-state index is 10.7. The monoisotopic (exact) mass is 328 g/mol. The van der Waals surface area contributed by atoms with Crippen LogP contribution in [0.3, 0.4) is 0 Å². The van der Waals surface area contributed by atoms with Gasteiger partial charge in [-0.1, -0.05) is 22.9 Å². The predicted molar refractivity (Wildman–Crippen MR) is 78.5 cm³/mol. The zero-order valence-corrected chi connectivity index (χ0v) is 13.2. The van der Waals surface area contributed by atoms with Crippen molar-refractivity contribution in [3.63, 3.8) is 0 Å². The van der Waals surface area contributed by atoms with Crippen LogP contribution in [0.2, 0.25) is 0 Å². The molecule has 3 unspecified atom stereocenters. The molecule has 0 bridgehead atoms. The summed E-state index contributed by atoms with van der Waals surface area (Å²) in [6.07, 6.45) is 1.42. The van der Waals surface area contributed by atoms with Crippen LogP contribution < -0.4 is 4.74 Å². The summed E-state index contributed by atoms with van der Waals surface area (Å²) in [5.41, 5.74) is 1.94. The van der Waals surface area contributed by atoms with Crippen molar-refractivity contribution in [1.29, 1.82) is 0 Å². The van der Waals surface area contributed by atoms with Gasteiger partial charge in [0.15, 0.2) is 0 Å². The predicted octanol–water partition coefficient (Wildman–Crippen LogP) is 3.61. The molecule has 1 fully saturated rings. The summed E-state index contributed by atoms with van der Waals surface area (Å²) >= 11 is 3.52. The summed E-state index contributed by atoms with van der Waals surface area (Å²) in [5, 5.41) is 10.7. The second-order valence-corrected chi connectivity index (χ2v) is 5.91. The fourth-order valence-corrected chi connectivity index (χ4v) is 3.12. The first-order valence-electron chi connectivity index (χ1n) is 6.72. The molecule has 1 aromatic carbocycles. The summed E-state index contributed by atoms with van der Waals surface area (Å²) < 4.78 is 12.1. The molecule has 1 aliphatic heterocycles. The number of ether oxygens (including phenoxy) is 2. The van der Waals surface area contributed by atoms with Crippen molar-refractivity contribution < 1.29 is 14.6 Å². The Hall–Kier alpha value is -0.580. The Morgan fingerprint density at radius 1 is 1.53 bits per heavy atom. The minimum Gasteiger partial charge on any atom is -0.496 e. The number of halogens is 1. The number of methoxy groups -OCH3 is 1. The van der Waals surface area contributed by atoms with Gasteiger partial charge in [0.2, 0.25) is 0 Å². The van der Waals surface area contributed by atoms with Crippen molar-refractivity contribution in [1.82, 2.24) is 0 Å². The van der Waals surface area contributed by atoms with Crippen LogP contribution in [0.15, 0.2) is 16.6 Å². The summed E-state index contributed by atoms with van der Waals surface area (Å²) in [4.78, 5) is 0. The molecule has 2 rings (SSSR count). The lowest BCUT2D eigenvalue weighted by atomic mass is 9.88. The fraction of sp³-hybridized carbons (Fsp3) is 0.600. The molecule has 0 radical (unpaired) electrons. The molecule has 0 amide bonds. The lowest BCUT2D eigenvalue weighted by molar-refractivity contribution is 0.0297. The minimum absolute atomic E-state index is 0.139. The number of benzene rings is 1. The zero-order chi connectivity index (χ0) is 14.0.